The van der Waals surface area contributed by atoms with Gasteiger partial charge >= 0.3 is 0 Å². The van der Waals surface area contributed by atoms with Crippen LogP contribution in [0.5, 0.6) is 5.75 Å². The first-order valence-electron chi connectivity index (χ1n) is 6.63. The highest BCUT2D eigenvalue weighted by atomic mass is 79.9. The van der Waals surface area contributed by atoms with Crippen LogP contribution in [0.2, 0.25) is 0 Å². The number of hydrogen-bond donors (Lipinski definition) is 2. The van der Waals surface area contributed by atoms with Gasteiger partial charge in [-0.05, 0) is 37.6 Å². The molecule has 2 N–H and O–H groups in total. The van der Waals surface area contributed by atoms with E-state index in [9.17, 15) is 9.90 Å². The molecule has 1 unspecified atom stereocenters. The van der Waals surface area contributed by atoms with Crippen molar-refractivity contribution >= 4 is 21.8 Å². The molecule has 1 aromatic carbocycles. The van der Waals surface area contributed by atoms with E-state index in [0.29, 0.717) is 5.56 Å². The molecule has 1 atom stereocenters. The van der Waals surface area contributed by atoms with Crippen LogP contribution in [0.15, 0.2) is 22.7 Å². The maximum absolute atomic E-state index is 12.6. The minimum atomic E-state index is -0.0828. The normalized spacial score (nSPS) is 18.5. The second-order valence-electron chi connectivity index (χ2n) is 4.81. The van der Waals surface area contributed by atoms with Crippen molar-refractivity contribution in [1.82, 2.24) is 10.2 Å². The molecule has 0 spiro atoms. The summed E-state index contributed by atoms with van der Waals surface area (Å²) in [5.41, 5.74) is 0.378. The zero-order chi connectivity index (χ0) is 13.8. The summed E-state index contributed by atoms with van der Waals surface area (Å²) in [6.45, 7) is 4.57. The highest BCUT2D eigenvalue weighted by Crippen LogP contribution is 2.25. The Kier molecular flexibility index (Phi) is 4.82. The molecule has 1 amide bonds. The number of benzene rings is 1. The van der Waals surface area contributed by atoms with E-state index in [0.717, 1.165) is 36.9 Å². The highest BCUT2D eigenvalue weighted by Gasteiger charge is 2.27. The summed E-state index contributed by atoms with van der Waals surface area (Å²) in [4.78, 5) is 14.5. The number of rotatable bonds is 4. The predicted molar refractivity (Wildman–Crippen MR) is 78.4 cm³/mol. The van der Waals surface area contributed by atoms with Gasteiger partial charge in [0.25, 0.3) is 5.91 Å². The van der Waals surface area contributed by atoms with Crippen molar-refractivity contribution in [2.45, 2.75) is 25.8 Å². The molecule has 0 saturated carbocycles. The van der Waals surface area contributed by atoms with E-state index < -0.39 is 0 Å². The third kappa shape index (κ3) is 3.28. The summed E-state index contributed by atoms with van der Waals surface area (Å²) in [5, 5.41) is 13.2. The largest absolute Gasteiger partial charge is 0.507 e. The monoisotopic (exact) mass is 326 g/mol. The molecule has 4 nitrogen and oxygen atoms in total. The minimum Gasteiger partial charge on any atom is -0.507 e. The van der Waals surface area contributed by atoms with Crippen molar-refractivity contribution in [3.63, 3.8) is 0 Å². The minimum absolute atomic E-state index is 0.0337. The Morgan fingerprint density at radius 3 is 2.95 bits per heavy atom. The number of halogens is 1. The average molecular weight is 327 g/mol. The van der Waals surface area contributed by atoms with Crippen LogP contribution in [-0.4, -0.2) is 41.6 Å². The van der Waals surface area contributed by atoms with Crippen molar-refractivity contribution in [3.05, 3.63) is 28.2 Å². The number of aromatic hydroxyl groups is 1. The number of carbonyl (C=O) groups is 1. The van der Waals surface area contributed by atoms with Gasteiger partial charge in [0, 0.05) is 23.6 Å². The van der Waals surface area contributed by atoms with Crippen molar-refractivity contribution in [2.75, 3.05) is 19.6 Å². The second-order valence-corrected chi connectivity index (χ2v) is 5.72. The molecule has 1 fully saturated rings. The van der Waals surface area contributed by atoms with Crippen LogP contribution in [0.1, 0.15) is 30.1 Å². The molecule has 0 bridgehead atoms. The first-order chi connectivity index (χ1) is 9.13. The topological polar surface area (TPSA) is 52.6 Å². The van der Waals surface area contributed by atoms with Gasteiger partial charge in [-0.2, -0.15) is 0 Å². The number of nitrogens with zero attached hydrogens (tertiary/aromatic N) is 1. The molecular formula is C14H19BrN2O2. The quantitative estimate of drug-likeness (QED) is 0.893. The molecule has 0 radical (unpaired) electrons. The Hall–Kier alpha value is -1.07. The first kappa shape index (κ1) is 14.3. The Morgan fingerprint density at radius 2 is 2.37 bits per heavy atom. The maximum Gasteiger partial charge on any atom is 0.257 e. The third-order valence-corrected chi connectivity index (χ3v) is 3.88. The summed E-state index contributed by atoms with van der Waals surface area (Å²) in [6, 6.07) is 5.25. The molecule has 1 aliphatic rings. The van der Waals surface area contributed by atoms with Gasteiger partial charge in [-0.3, -0.25) is 4.79 Å². The van der Waals surface area contributed by atoms with Crippen molar-refractivity contribution in [1.29, 1.82) is 0 Å². The highest BCUT2D eigenvalue weighted by molar-refractivity contribution is 9.10. The third-order valence-electron chi connectivity index (χ3n) is 3.39. The molecule has 5 heteroatoms. The molecule has 0 aliphatic carbocycles. The van der Waals surface area contributed by atoms with Crippen LogP contribution < -0.4 is 5.32 Å². The maximum atomic E-state index is 12.6. The Balaban J connectivity index is 2.22. The standard InChI is InChI=1S/C14H19BrN2O2/c1-2-7-17(11-5-6-16-9-11)14(19)12-4-3-10(15)8-13(12)18/h3-4,8,11,16,18H,2,5-7,9H2,1H3. The summed E-state index contributed by atoms with van der Waals surface area (Å²) < 4.78 is 0.770. The lowest BCUT2D eigenvalue weighted by Gasteiger charge is -2.28. The van der Waals surface area contributed by atoms with Crippen LogP contribution in [0.3, 0.4) is 0 Å². The summed E-state index contributed by atoms with van der Waals surface area (Å²) in [7, 11) is 0. The number of hydrogen-bond acceptors (Lipinski definition) is 3. The molecule has 1 aliphatic heterocycles. The first-order valence-corrected chi connectivity index (χ1v) is 7.43. The van der Waals surface area contributed by atoms with E-state index in [4.69, 9.17) is 0 Å². The zero-order valence-electron chi connectivity index (χ0n) is 11.0. The lowest BCUT2D eigenvalue weighted by atomic mass is 10.1. The fourth-order valence-corrected chi connectivity index (χ4v) is 2.79. The van der Waals surface area contributed by atoms with E-state index in [1.54, 1.807) is 18.2 Å². The smallest absolute Gasteiger partial charge is 0.257 e. The van der Waals surface area contributed by atoms with Gasteiger partial charge in [-0.25, -0.2) is 0 Å². The Bertz CT molecular complexity index is 459. The van der Waals surface area contributed by atoms with E-state index >= 15 is 0 Å². The van der Waals surface area contributed by atoms with E-state index in [1.165, 1.54) is 0 Å². The summed E-state index contributed by atoms with van der Waals surface area (Å²) in [5.74, 6) is -0.0491. The van der Waals surface area contributed by atoms with Crippen LogP contribution >= 0.6 is 15.9 Å². The van der Waals surface area contributed by atoms with Gasteiger partial charge in [-0.1, -0.05) is 22.9 Å². The Labute approximate surface area is 121 Å². The lowest BCUT2D eigenvalue weighted by Crippen LogP contribution is -2.42. The van der Waals surface area contributed by atoms with Gasteiger partial charge in [0.1, 0.15) is 5.75 Å². The molecule has 0 aromatic heterocycles. The lowest BCUT2D eigenvalue weighted by molar-refractivity contribution is 0.0689. The molecule has 2 rings (SSSR count). The SMILES string of the molecule is CCCN(C(=O)c1ccc(Br)cc1O)C1CCNC1. The zero-order valence-corrected chi connectivity index (χ0v) is 12.6. The Morgan fingerprint density at radius 1 is 1.58 bits per heavy atom. The average Bonchev–Trinajstić information content (AvgIpc) is 2.89. The van der Waals surface area contributed by atoms with Crippen LogP contribution in [0.25, 0.3) is 0 Å². The van der Waals surface area contributed by atoms with Gasteiger partial charge in [-0.15, -0.1) is 0 Å². The molecule has 1 heterocycles. The van der Waals surface area contributed by atoms with E-state index in [1.807, 2.05) is 4.90 Å². The van der Waals surface area contributed by atoms with Crippen molar-refractivity contribution < 1.29 is 9.90 Å². The molecule has 1 aromatic rings. The number of nitrogens with one attached hydrogen (secondary N) is 1. The number of phenolic OH excluding ortho intramolecular Hbond substituents is 1. The van der Waals surface area contributed by atoms with E-state index in [2.05, 4.69) is 28.2 Å². The summed E-state index contributed by atoms with van der Waals surface area (Å²) >= 11 is 3.28. The van der Waals surface area contributed by atoms with Gasteiger partial charge in [0.05, 0.1) is 5.56 Å². The van der Waals surface area contributed by atoms with Crippen molar-refractivity contribution in [2.24, 2.45) is 0 Å². The van der Waals surface area contributed by atoms with E-state index in [-0.39, 0.29) is 17.7 Å². The molecule has 104 valence electrons. The summed E-state index contributed by atoms with van der Waals surface area (Å²) in [6.07, 6.45) is 1.89. The van der Waals surface area contributed by atoms with Gasteiger partial charge < -0.3 is 15.3 Å². The fourth-order valence-electron chi connectivity index (χ4n) is 2.44. The van der Waals surface area contributed by atoms with Gasteiger partial charge in [0.2, 0.25) is 0 Å². The van der Waals surface area contributed by atoms with Crippen LogP contribution in [0.4, 0.5) is 0 Å². The molecule has 19 heavy (non-hydrogen) atoms. The predicted octanol–water partition coefficient (Wildman–Crippen LogP) is 2.37. The van der Waals surface area contributed by atoms with Crippen LogP contribution in [0, 0.1) is 0 Å². The molecular weight excluding hydrogens is 308 g/mol. The fraction of sp³-hybridized carbons (Fsp3) is 0.500. The number of carbonyl (C=O) groups excluding carboxylic acids is 1. The van der Waals surface area contributed by atoms with Crippen LogP contribution in [-0.2, 0) is 0 Å². The van der Waals surface area contributed by atoms with Gasteiger partial charge in [0.15, 0.2) is 0 Å². The second kappa shape index (κ2) is 6.39. The number of phenols is 1. The van der Waals surface area contributed by atoms with Crippen molar-refractivity contribution in [3.8, 4) is 5.75 Å². The number of amides is 1. The molecule has 1 saturated heterocycles.